The number of nitro groups is 1. The van der Waals surface area contributed by atoms with E-state index in [4.69, 9.17) is 4.74 Å². The zero-order chi connectivity index (χ0) is 19.4. The molecule has 9 nitrogen and oxygen atoms in total. The molecule has 9 heteroatoms. The summed E-state index contributed by atoms with van der Waals surface area (Å²) in [6, 6.07) is 12.8. The van der Waals surface area contributed by atoms with Gasteiger partial charge in [0.2, 0.25) is 0 Å². The Morgan fingerprint density at radius 1 is 1.33 bits per heavy atom. The number of hydrogen-bond acceptors (Lipinski definition) is 6. The summed E-state index contributed by atoms with van der Waals surface area (Å²) in [5, 5.41) is 21.0. The van der Waals surface area contributed by atoms with Gasteiger partial charge in [0.25, 0.3) is 5.91 Å². The number of nitrogens with zero attached hydrogens (tertiary/aromatic N) is 4. The molecular formula is C18H17N5O4. The second kappa shape index (κ2) is 7.65. The number of carbonyl (C=O) groups excluding carboxylic acids is 1. The third-order valence-corrected chi connectivity index (χ3v) is 4.05. The zero-order valence-corrected chi connectivity index (χ0v) is 14.7. The molecule has 3 aromatic rings. The highest BCUT2D eigenvalue weighted by atomic mass is 16.6. The first-order valence-electron chi connectivity index (χ1n) is 8.09. The van der Waals surface area contributed by atoms with Crippen LogP contribution < -0.4 is 10.2 Å². The largest absolute Gasteiger partial charge is 0.475 e. The topological polar surface area (TPSA) is 112 Å². The van der Waals surface area contributed by atoms with Crippen molar-refractivity contribution < 1.29 is 14.5 Å². The average molecular weight is 367 g/mol. The smallest absolute Gasteiger partial charge is 0.350 e. The lowest BCUT2D eigenvalue weighted by atomic mass is 10.1. The lowest BCUT2D eigenvalue weighted by Crippen LogP contribution is -2.27. The molecule has 1 atom stereocenters. The lowest BCUT2D eigenvalue weighted by molar-refractivity contribution is -0.385. The van der Waals surface area contributed by atoms with Gasteiger partial charge in [-0.25, -0.2) is 10.1 Å². The van der Waals surface area contributed by atoms with E-state index in [0.29, 0.717) is 0 Å². The normalized spacial score (nSPS) is 12.2. The van der Waals surface area contributed by atoms with Crippen molar-refractivity contribution >= 4 is 28.6 Å². The number of ether oxygens (including phenoxy) is 1. The number of hydrazone groups is 1. The van der Waals surface area contributed by atoms with Crippen LogP contribution in [-0.2, 0) is 4.79 Å². The molecule has 27 heavy (non-hydrogen) atoms. The van der Waals surface area contributed by atoms with Crippen LogP contribution in [0.4, 0.5) is 5.69 Å². The van der Waals surface area contributed by atoms with Gasteiger partial charge in [0.05, 0.1) is 18.2 Å². The van der Waals surface area contributed by atoms with Crippen LogP contribution in [0.1, 0.15) is 18.5 Å². The minimum absolute atomic E-state index is 0.154. The van der Waals surface area contributed by atoms with Gasteiger partial charge in [-0.2, -0.15) is 5.10 Å². The highest BCUT2D eigenvalue weighted by molar-refractivity contribution is 6.00. The van der Waals surface area contributed by atoms with Gasteiger partial charge in [0.1, 0.15) is 12.2 Å². The Morgan fingerprint density at radius 3 is 2.78 bits per heavy atom. The number of nitrogens with one attached hydrogen (secondary N) is 1. The van der Waals surface area contributed by atoms with E-state index < -0.39 is 16.9 Å². The van der Waals surface area contributed by atoms with E-state index in [2.05, 4.69) is 15.6 Å². The van der Waals surface area contributed by atoms with Crippen molar-refractivity contribution in [2.24, 2.45) is 5.10 Å². The van der Waals surface area contributed by atoms with E-state index in [0.717, 1.165) is 22.5 Å². The van der Waals surface area contributed by atoms with Crippen molar-refractivity contribution in [3.63, 3.8) is 0 Å². The van der Waals surface area contributed by atoms with E-state index in [1.165, 1.54) is 11.8 Å². The highest BCUT2D eigenvalue weighted by Gasteiger charge is 2.25. The van der Waals surface area contributed by atoms with Gasteiger partial charge >= 0.3 is 11.6 Å². The van der Waals surface area contributed by atoms with E-state index >= 15 is 0 Å². The van der Waals surface area contributed by atoms with E-state index in [9.17, 15) is 14.9 Å². The van der Waals surface area contributed by atoms with Crippen LogP contribution in [-0.4, -0.2) is 33.9 Å². The summed E-state index contributed by atoms with van der Waals surface area (Å²) >= 11 is 0. The molecule has 0 aliphatic carbocycles. The number of aromatic nitrogens is 2. The molecule has 0 bridgehead atoms. The van der Waals surface area contributed by atoms with Crippen LogP contribution in [0.15, 0.2) is 53.8 Å². The highest BCUT2D eigenvalue weighted by Crippen LogP contribution is 2.25. The van der Waals surface area contributed by atoms with Crippen LogP contribution in [0.3, 0.4) is 0 Å². The van der Waals surface area contributed by atoms with Crippen molar-refractivity contribution in [3.8, 4) is 5.88 Å². The molecule has 0 spiro atoms. The van der Waals surface area contributed by atoms with Crippen molar-refractivity contribution in [2.75, 3.05) is 7.11 Å². The van der Waals surface area contributed by atoms with Gasteiger partial charge in [-0.05, 0) is 17.7 Å². The van der Waals surface area contributed by atoms with Gasteiger partial charge < -0.3 is 4.74 Å². The molecular weight excluding hydrogens is 350 g/mol. The van der Waals surface area contributed by atoms with Crippen molar-refractivity contribution in [1.29, 1.82) is 0 Å². The SMILES string of the molecule is COc1nn(C(C)C(=O)N/N=C/c2cccc3ccccc23)cc1[N+](=O)[O-]. The average Bonchev–Trinajstić information content (AvgIpc) is 3.12. The molecule has 2 aromatic carbocycles. The summed E-state index contributed by atoms with van der Waals surface area (Å²) in [5.41, 5.74) is 2.98. The second-order valence-electron chi connectivity index (χ2n) is 5.74. The molecule has 1 heterocycles. The first-order chi connectivity index (χ1) is 13.0. The monoisotopic (exact) mass is 367 g/mol. The van der Waals surface area contributed by atoms with Gasteiger partial charge in [0, 0.05) is 5.56 Å². The van der Waals surface area contributed by atoms with Crippen LogP contribution >= 0.6 is 0 Å². The number of rotatable bonds is 6. The molecule has 138 valence electrons. The lowest BCUT2D eigenvalue weighted by Gasteiger charge is -2.09. The molecule has 1 unspecified atom stereocenters. The fraction of sp³-hybridized carbons (Fsp3) is 0.167. The molecule has 1 amide bonds. The quantitative estimate of drug-likeness (QED) is 0.409. The van der Waals surface area contributed by atoms with Crippen molar-refractivity contribution in [2.45, 2.75) is 13.0 Å². The maximum atomic E-state index is 12.3. The molecule has 0 aliphatic rings. The number of benzene rings is 2. The Morgan fingerprint density at radius 2 is 2.07 bits per heavy atom. The predicted molar refractivity (Wildman–Crippen MR) is 99.8 cm³/mol. The van der Waals surface area contributed by atoms with Crippen molar-refractivity contribution in [1.82, 2.24) is 15.2 Å². The number of methoxy groups -OCH3 is 1. The minimum atomic E-state index is -0.808. The summed E-state index contributed by atoms with van der Waals surface area (Å²) in [6.45, 7) is 1.55. The third-order valence-electron chi connectivity index (χ3n) is 4.05. The molecule has 0 saturated heterocycles. The van der Waals surface area contributed by atoms with Crippen LogP contribution in [0.25, 0.3) is 10.8 Å². The minimum Gasteiger partial charge on any atom is -0.475 e. The number of fused-ring (bicyclic) bond motifs is 1. The summed E-state index contributed by atoms with van der Waals surface area (Å²) in [5.74, 6) is -0.620. The molecule has 0 fully saturated rings. The molecule has 3 rings (SSSR count). The van der Waals surface area contributed by atoms with E-state index in [1.807, 2.05) is 42.5 Å². The van der Waals surface area contributed by atoms with Gasteiger partial charge in [-0.15, -0.1) is 5.10 Å². The summed E-state index contributed by atoms with van der Waals surface area (Å²) < 4.78 is 6.03. The zero-order valence-electron chi connectivity index (χ0n) is 14.7. The Labute approximate surface area is 154 Å². The second-order valence-corrected chi connectivity index (χ2v) is 5.74. The van der Waals surface area contributed by atoms with Crippen LogP contribution in [0.2, 0.25) is 0 Å². The number of hydrogen-bond donors (Lipinski definition) is 1. The third kappa shape index (κ3) is 3.76. The maximum Gasteiger partial charge on any atom is 0.350 e. The van der Waals surface area contributed by atoms with Crippen LogP contribution in [0, 0.1) is 10.1 Å². The standard InChI is InChI=1S/C18H17N5O4/c1-12(22-11-16(23(25)26)18(21-22)27-2)17(24)20-19-10-14-8-5-7-13-6-3-4-9-15(13)14/h3-12H,1-2H3,(H,20,24)/b19-10+. The molecule has 0 radical (unpaired) electrons. The molecule has 0 saturated carbocycles. The first-order valence-corrected chi connectivity index (χ1v) is 8.09. The fourth-order valence-corrected chi connectivity index (χ4v) is 2.58. The van der Waals surface area contributed by atoms with Gasteiger partial charge in [0.15, 0.2) is 0 Å². The fourth-order valence-electron chi connectivity index (χ4n) is 2.58. The molecule has 0 aliphatic heterocycles. The van der Waals surface area contributed by atoms with E-state index in [1.54, 1.807) is 13.1 Å². The Kier molecular flexibility index (Phi) is 5.11. The van der Waals surface area contributed by atoms with Crippen molar-refractivity contribution in [3.05, 3.63) is 64.3 Å². The Bertz CT molecular complexity index is 1020. The number of amides is 1. The summed E-state index contributed by atoms with van der Waals surface area (Å²) in [4.78, 5) is 22.6. The predicted octanol–water partition coefficient (Wildman–Crippen LogP) is 2.66. The van der Waals surface area contributed by atoms with Gasteiger partial charge in [-0.1, -0.05) is 42.5 Å². The van der Waals surface area contributed by atoms with Gasteiger partial charge in [-0.3, -0.25) is 14.9 Å². The Hall–Kier alpha value is -3.75. The van der Waals surface area contributed by atoms with E-state index in [-0.39, 0.29) is 11.6 Å². The molecule has 1 aromatic heterocycles. The Balaban J connectivity index is 1.73. The summed E-state index contributed by atoms with van der Waals surface area (Å²) in [6.07, 6.45) is 2.70. The van der Waals surface area contributed by atoms with Crippen LogP contribution in [0.5, 0.6) is 5.88 Å². The number of carbonyl (C=O) groups is 1. The summed E-state index contributed by atoms with van der Waals surface area (Å²) in [7, 11) is 1.28. The molecule has 1 N–H and O–H groups in total. The first kappa shape index (κ1) is 18.1. The maximum absolute atomic E-state index is 12.3.